The van der Waals surface area contributed by atoms with Crippen molar-refractivity contribution in [3.8, 4) is 0 Å². The topological polar surface area (TPSA) is 71.2 Å². The van der Waals surface area contributed by atoms with Crippen molar-refractivity contribution in [3.63, 3.8) is 0 Å². The maximum Gasteiger partial charge on any atom is 0.128 e. The highest BCUT2D eigenvalue weighted by Crippen LogP contribution is 2.10. The summed E-state index contributed by atoms with van der Waals surface area (Å²) >= 11 is 0. The molecule has 4 N–H and O–H groups in total. The molecule has 0 aliphatic carbocycles. The molecular formula is C13H15N3O. The van der Waals surface area contributed by atoms with Crippen LogP contribution < -0.4 is 11.1 Å². The fraction of sp³-hybridized carbons (Fsp3) is 0.154. The second kappa shape index (κ2) is 5.32. The Kier molecular flexibility index (Phi) is 3.57. The molecule has 0 aliphatic heterocycles. The molecule has 0 fully saturated rings. The Morgan fingerprint density at radius 2 is 1.82 bits per heavy atom. The van der Waals surface area contributed by atoms with Crippen LogP contribution in [0.15, 0.2) is 42.6 Å². The number of nitrogens with zero attached hydrogens (tertiary/aromatic N) is 1. The van der Waals surface area contributed by atoms with Gasteiger partial charge in [0.15, 0.2) is 0 Å². The molecule has 4 heteroatoms. The smallest absolute Gasteiger partial charge is 0.128 e. The highest BCUT2D eigenvalue weighted by molar-refractivity contribution is 5.48. The van der Waals surface area contributed by atoms with Crippen molar-refractivity contribution in [2.75, 3.05) is 11.1 Å². The van der Waals surface area contributed by atoms with Crippen molar-refractivity contribution in [1.82, 2.24) is 4.98 Å². The van der Waals surface area contributed by atoms with E-state index >= 15 is 0 Å². The lowest BCUT2D eigenvalue weighted by Gasteiger charge is -2.06. The van der Waals surface area contributed by atoms with Crippen LogP contribution in [0.5, 0.6) is 0 Å². The highest BCUT2D eigenvalue weighted by atomic mass is 16.3. The molecule has 0 unspecified atom stereocenters. The van der Waals surface area contributed by atoms with Crippen LogP contribution in [0.1, 0.15) is 11.1 Å². The molecule has 1 aromatic carbocycles. The number of hydrogen-bond donors (Lipinski definition) is 3. The predicted molar refractivity (Wildman–Crippen MR) is 68.3 cm³/mol. The molecule has 1 heterocycles. The summed E-state index contributed by atoms with van der Waals surface area (Å²) in [5.41, 5.74) is 8.39. The van der Waals surface area contributed by atoms with E-state index in [-0.39, 0.29) is 6.61 Å². The third-order valence-electron chi connectivity index (χ3n) is 2.46. The first-order valence-corrected chi connectivity index (χ1v) is 5.42. The van der Waals surface area contributed by atoms with Crippen LogP contribution in [0.2, 0.25) is 0 Å². The molecule has 17 heavy (non-hydrogen) atoms. The van der Waals surface area contributed by atoms with Crippen LogP contribution in [0.4, 0.5) is 11.5 Å². The molecule has 0 bridgehead atoms. The van der Waals surface area contributed by atoms with Gasteiger partial charge < -0.3 is 16.2 Å². The maximum atomic E-state index is 8.93. The molecular weight excluding hydrogens is 214 g/mol. The fourth-order valence-electron chi connectivity index (χ4n) is 1.50. The maximum absolute atomic E-state index is 8.93. The van der Waals surface area contributed by atoms with Crippen LogP contribution in [0.3, 0.4) is 0 Å². The van der Waals surface area contributed by atoms with Crippen molar-refractivity contribution < 1.29 is 5.11 Å². The van der Waals surface area contributed by atoms with E-state index < -0.39 is 0 Å². The van der Waals surface area contributed by atoms with Gasteiger partial charge in [-0.1, -0.05) is 24.3 Å². The Balaban J connectivity index is 1.97. The van der Waals surface area contributed by atoms with Gasteiger partial charge in [0.25, 0.3) is 0 Å². The number of aliphatic hydroxyl groups is 1. The zero-order valence-electron chi connectivity index (χ0n) is 9.43. The third-order valence-corrected chi connectivity index (χ3v) is 2.46. The molecule has 0 saturated carbocycles. The van der Waals surface area contributed by atoms with E-state index in [1.54, 1.807) is 18.3 Å². The van der Waals surface area contributed by atoms with Crippen LogP contribution >= 0.6 is 0 Å². The van der Waals surface area contributed by atoms with Crippen LogP contribution in [0.25, 0.3) is 0 Å². The molecule has 0 saturated heterocycles. The van der Waals surface area contributed by atoms with Crippen molar-refractivity contribution in [2.24, 2.45) is 0 Å². The lowest BCUT2D eigenvalue weighted by Crippen LogP contribution is -2.01. The Hall–Kier alpha value is -2.07. The monoisotopic (exact) mass is 229 g/mol. The third kappa shape index (κ3) is 3.19. The lowest BCUT2D eigenvalue weighted by molar-refractivity contribution is 0.282. The van der Waals surface area contributed by atoms with Gasteiger partial charge >= 0.3 is 0 Å². The van der Waals surface area contributed by atoms with Crippen molar-refractivity contribution in [1.29, 1.82) is 0 Å². The molecule has 1 aromatic heterocycles. The van der Waals surface area contributed by atoms with Gasteiger partial charge in [-0.3, -0.25) is 0 Å². The van der Waals surface area contributed by atoms with Crippen molar-refractivity contribution >= 4 is 11.5 Å². The van der Waals surface area contributed by atoms with E-state index in [2.05, 4.69) is 10.3 Å². The second-order valence-corrected chi connectivity index (χ2v) is 3.80. The molecule has 0 spiro atoms. The molecule has 0 atom stereocenters. The van der Waals surface area contributed by atoms with E-state index in [0.29, 0.717) is 12.2 Å². The lowest BCUT2D eigenvalue weighted by atomic mass is 10.1. The van der Waals surface area contributed by atoms with E-state index in [1.165, 1.54) is 0 Å². The van der Waals surface area contributed by atoms with Crippen LogP contribution in [0, 0.1) is 0 Å². The van der Waals surface area contributed by atoms with Crippen LogP contribution in [-0.4, -0.2) is 10.1 Å². The van der Waals surface area contributed by atoms with Gasteiger partial charge in [-0.05, 0) is 17.2 Å². The SMILES string of the molecule is Nc1ccnc(NCc2ccc(CO)cc2)c1. The van der Waals surface area contributed by atoms with E-state index in [4.69, 9.17) is 10.8 Å². The standard InChI is InChI=1S/C13H15N3O/c14-12-5-6-15-13(7-12)16-8-10-1-3-11(9-17)4-2-10/h1-7,17H,8-9H2,(H3,14,15,16). The van der Waals surface area contributed by atoms with Gasteiger partial charge in [-0.25, -0.2) is 4.98 Å². The number of nitrogens with one attached hydrogen (secondary N) is 1. The number of nitrogens with two attached hydrogens (primary N) is 1. The van der Waals surface area contributed by atoms with Crippen molar-refractivity contribution in [3.05, 3.63) is 53.7 Å². The molecule has 0 amide bonds. The Labute approximate surface area is 100 Å². The van der Waals surface area contributed by atoms with Gasteiger partial charge in [0, 0.05) is 24.5 Å². The highest BCUT2D eigenvalue weighted by Gasteiger charge is 1.96. The second-order valence-electron chi connectivity index (χ2n) is 3.80. The summed E-state index contributed by atoms with van der Waals surface area (Å²) in [6, 6.07) is 11.3. The number of aromatic nitrogens is 1. The fourth-order valence-corrected chi connectivity index (χ4v) is 1.50. The van der Waals surface area contributed by atoms with E-state index in [1.807, 2.05) is 24.3 Å². The number of rotatable bonds is 4. The average molecular weight is 229 g/mol. The number of nitrogen functional groups attached to an aromatic ring is 1. The largest absolute Gasteiger partial charge is 0.399 e. The Morgan fingerprint density at radius 1 is 1.12 bits per heavy atom. The first kappa shape index (κ1) is 11.4. The predicted octanol–water partition coefficient (Wildman–Crippen LogP) is 1.77. The summed E-state index contributed by atoms with van der Waals surface area (Å²) in [7, 11) is 0. The first-order chi connectivity index (χ1) is 8.28. The molecule has 4 nitrogen and oxygen atoms in total. The zero-order chi connectivity index (χ0) is 12.1. The first-order valence-electron chi connectivity index (χ1n) is 5.42. The summed E-state index contributed by atoms with van der Waals surface area (Å²) in [6.45, 7) is 0.757. The number of anilines is 2. The van der Waals surface area contributed by atoms with Crippen molar-refractivity contribution in [2.45, 2.75) is 13.2 Å². The summed E-state index contributed by atoms with van der Waals surface area (Å²) in [5.74, 6) is 0.760. The molecule has 2 rings (SSSR count). The van der Waals surface area contributed by atoms with Gasteiger partial charge in [0.2, 0.25) is 0 Å². The molecule has 88 valence electrons. The Morgan fingerprint density at radius 3 is 2.47 bits per heavy atom. The summed E-state index contributed by atoms with van der Waals surface area (Å²) in [5, 5.41) is 12.1. The number of benzene rings is 1. The van der Waals surface area contributed by atoms with Gasteiger partial charge in [0.1, 0.15) is 5.82 Å². The number of aliphatic hydroxyl groups excluding tert-OH is 1. The zero-order valence-corrected chi connectivity index (χ0v) is 9.43. The minimum Gasteiger partial charge on any atom is -0.399 e. The molecule has 0 radical (unpaired) electrons. The summed E-state index contributed by atoms with van der Waals surface area (Å²) in [4.78, 5) is 4.16. The number of pyridine rings is 1. The van der Waals surface area contributed by atoms with E-state index in [0.717, 1.165) is 16.9 Å². The summed E-state index contributed by atoms with van der Waals surface area (Å²) in [6.07, 6.45) is 1.67. The van der Waals surface area contributed by atoms with Crippen LogP contribution in [-0.2, 0) is 13.2 Å². The molecule has 2 aromatic rings. The van der Waals surface area contributed by atoms with E-state index in [9.17, 15) is 0 Å². The van der Waals surface area contributed by atoms with Gasteiger partial charge in [0.05, 0.1) is 6.61 Å². The molecule has 0 aliphatic rings. The number of hydrogen-bond acceptors (Lipinski definition) is 4. The summed E-state index contributed by atoms with van der Waals surface area (Å²) < 4.78 is 0. The van der Waals surface area contributed by atoms with Gasteiger partial charge in [-0.2, -0.15) is 0 Å². The minimum absolute atomic E-state index is 0.0739. The normalized spacial score (nSPS) is 10.2. The quantitative estimate of drug-likeness (QED) is 0.747. The van der Waals surface area contributed by atoms with Gasteiger partial charge in [-0.15, -0.1) is 0 Å². The minimum atomic E-state index is 0.0739. The Bertz CT molecular complexity index is 482. The average Bonchev–Trinajstić information content (AvgIpc) is 2.37.